The number of amides is 1. The zero-order valence-corrected chi connectivity index (χ0v) is 14.4. The first kappa shape index (κ1) is 17.9. The number of aryl methyl sites for hydroxylation is 1. The van der Waals surface area contributed by atoms with Crippen molar-refractivity contribution in [3.8, 4) is 0 Å². The summed E-state index contributed by atoms with van der Waals surface area (Å²) in [6.45, 7) is 5.69. The van der Waals surface area contributed by atoms with Crippen LogP contribution in [0.2, 0.25) is 0 Å². The van der Waals surface area contributed by atoms with Crippen LogP contribution < -0.4 is 0 Å². The first-order valence-corrected chi connectivity index (χ1v) is 8.13. The van der Waals surface area contributed by atoms with E-state index in [9.17, 15) is 9.18 Å². The molecular formula is C16H27FN4O2. The number of alkyl halides is 1. The molecule has 1 fully saturated rings. The number of nitrogens with zero attached hydrogens (tertiary/aromatic N) is 4. The van der Waals surface area contributed by atoms with Crippen molar-refractivity contribution in [2.45, 2.75) is 45.1 Å². The highest BCUT2D eigenvalue weighted by Gasteiger charge is 2.34. The van der Waals surface area contributed by atoms with E-state index in [1.165, 1.54) is 0 Å². The predicted molar refractivity (Wildman–Crippen MR) is 85.6 cm³/mol. The van der Waals surface area contributed by atoms with Crippen molar-refractivity contribution in [3.05, 3.63) is 18.0 Å². The van der Waals surface area contributed by atoms with E-state index in [1.807, 2.05) is 20.2 Å². The minimum Gasteiger partial charge on any atom is -0.369 e. The van der Waals surface area contributed by atoms with E-state index in [0.29, 0.717) is 32.7 Å². The molecule has 0 spiro atoms. The molecule has 7 heteroatoms. The van der Waals surface area contributed by atoms with Gasteiger partial charge in [-0.05, 0) is 20.3 Å². The predicted octanol–water partition coefficient (Wildman–Crippen LogP) is 1.22. The van der Waals surface area contributed by atoms with E-state index in [2.05, 4.69) is 10.00 Å². The molecular weight excluding hydrogens is 299 g/mol. The van der Waals surface area contributed by atoms with Gasteiger partial charge in [0.1, 0.15) is 12.3 Å². The van der Waals surface area contributed by atoms with Gasteiger partial charge in [0.05, 0.1) is 6.20 Å². The third kappa shape index (κ3) is 4.75. The summed E-state index contributed by atoms with van der Waals surface area (Å²) in [5, 5.41) is 4.15. The second-order valence-corrected chi connectivity index (χ2v) is 6.25. The topological polar surface area (TPSA) is 50.6 Å². The molecule has 0 bridgehead atoms. The van der Waals surface area contributed by atoms with Crippen LogP contribution in [0.3, 0.4) is 0 Å². The number of aromatic nitrogens is 2. The number of halogens is 1. The van der Waals surface area contributed by atoms with Crippen LogP contribution >= 0.6 is 0 Å². The van der Waals surface area contributed by atoms with Gasteiger partial charge in [0, 0.05) is 58.1 Å². The van der Waals surface area contributed by atoms with Gasteiger partial charge in [-0.2, -0.15) is 5.10 Å². The van der Waals surface area contributed by atoms with Crippen molar-refractivity contribution in [1.29, 1.82) is 0 Å². The highest BCUT2D eigenvalue weighted by molar-refractivity contribution is 5.80. The van der Waals surface area contributed by atoms with Crippen LogP contribution in [0.5, 0.6) is 0 Å². The molecule has 130 valence electrons. The number of hydrogen-bond acceptors (Lipinski definition) is 4. The van der Waals surface area contributed by atoms with Crippen LogP contribution in [0.4, 0.5) is 4.39 Å². The van der Waals surface area contributed by atoms with Gasteiger partial charge in [-0.25, -0.2) is 4.39 Å². The molecule has 1 aromatic rings. The Hall–Kier alpha value is -1.47. The molecule has 23 heavy (non-hydrogen) atoms. The largest absolute Gasteiger partial charge is 0.369 e. The van der Waals surface area contributed by atoms with Crippen molar-refractivity contribution in [2.24, 2.45) is 7.05 Å². The van der Waals surface area contributed by atoms with Gasteiger partial charge in [-0.1, -0.05) is 0 Å². The summed E-state index contributed by atoms with van der Waals surface area (Å²) in [4.78, 5) is 16.0. The van der Waals surface area contributed by atoms with E-state index < -0.39 is 12.3 Å². The molecule has 6 nitrogen and oxygen atoms in total. The molecule has 1 saturated heterocycles. The number of carbonyl (C=O) groups excluding carboxylic acids is 1. The third-order valence-electron chi connectivity index (χ3n) is 4.25. The molecule has 2 heterocycles. The molecule has 1 aromatic heterocycles. The van der Waals surface area contributed by atoms with Gasteiger partial charge < -0.3 is 9.64 Å². The molecule has 0 N–H and O–H groups in total. The Labute approximate surface area is 137 Å². The van der Waals surface area contributed by atoms with Crippen molar-refractivity contribution < 1.29 is 13.9 Å². The first-order valence-electron chi connectivity index (χ1n) is 8.13. The van der Waals surface area contributed by atoms with Gasteiger partial charge >= 0.3 is 0 Å². The average Bonchev–Trinajstić information content (AvgIpc) is 3.04. The van der Waals surface area contributed by atoms with Crippen LogP contribution in [0, 0.1) is 0 Å². The maximum absolute atomic E-state index is 13.9. The van der Waals surface area contributed by atoms with Crippen LogP contribution in [0.25, 0.3) is 0 Å². The smallest absolute Gasteiger partial charge is 0.251 e. The van der Waals surface area contributed by atoms with Crippen molar-refractivity contribution in [1.82, 2.24) is 19.6 Å². The molecule has 0 radical (unpaired) electrons. The van der Waals surface area contributed by atoms with Crippen molar-refractivity contribution >= 4 is 5.91 Å². The standard InChI is InChI=1S/C16H27FN4O2/c1-5-23-12(2)16(22)19(3)11-15-6-14(17)10-21(15)9-13-7-18-20(4)8-13/h7-8,12,14-15H,5-6,9-11H2,1-4H3/t12-,14-,15-/m0/s1. The maximum Gasteiger partial charge on any atom is 0.251 e. The fraction of sp³-hybridized carbons (Fsp3) is 0.750. The normalized spacial score (nSPS) is 23.2. The minimum atomic E-state index is -0.843. The average molecular weight is 326 g/mol. The summed E-state index contributed by atoms with van der Waals surface area (Å²) in [6, 6.07) is 0.0213. The van der Waals surface area contributed by atoms with Gasteiger partial charge in [-0.15, -0.1) is 0 Å². The summed E-state index contributed by atoms with van der Waals surface area (Å²) < 4.78 is 21.0. The molecule has 2 rings (SSSR count). The Morgan fingerprint density at radius 1 is 1.61 bits per heavy atom. The SMILES string of the molecule is CCO[C@@H](C)C(=O)N(C)C[C@@H]1C[C@H](F)CN1Cc1cnn(C)c1. The van der Waals surface area contributed by atoms with Gasteiger partial charge in [0.2, 0.25) is 0 Å². The van der Waals surface area contributed by atoms with Crippen molar-refractivity contribution in [3.63, 3.8) is 0 Å². The first-order chi connectivity index (χ1) is 10.9. The van der Waals surface area contributed by atoms with Gasteiger partial charge in [0.25, 0.3) is 5.91 Å². The molecule has 0 unspecified atom stereocenters. The highest BCUT2D eigenvalue weighted by atomic mass is 19.1. The highest BCUT2D eigenvalue weighted by Crippen LogP contribution is 2.23. The summed E-state index contributed by atoms with van der Waals surface area (Å²) in [5.41, 5.74) is 1.06. The zero-order chi connectivity index (χ0) is 17.0. The summed E-state index contributed by atoms with van der Waals surface area (Å²) in [5.74, 6) is -0.0597. The van der Waals surface area contributed by atoms with Crippen LogP contribution in [0.15, 0.2) is 12.4 Å². The number of rotatable bonds is 7. The molecule has 1 aliphatic heterocycles. The van der Waals surface area contributed by atoms with E-state index >= 15 is 0 Å². The lowest BCUT2D eigenvalue weighted by Crippen LogP contribution is -2.44. The van der Waals surface area contributed by atoms with E-state index in [0.717, 1.165) is 5.56 Å². The summed E-state index contributed by atoms with van der Waals surface area (Å²) in [6.07, 6.45) is 2.90. The van der Waals surface area contributed by atoms with Gasteiger partial charge in [0.15, 0.2) is 0 Å². The lowest BCUT2D eigenvalue weighted by Gasteiger charge is -2.29. The lowest BCUT2D eigenvalue weighted by molar-refractivity contribution is -0.141. The summed E-state index contributed by atoms with van der Waals surface area (Å²) >= 11 is 0. The lowest BCUT2D eigenvalue weighted by atomic mass is 10.2. The van der Waals surface area contributed by atoms with E-state index in [4.69, 9.17) is 4.74 Å². The van der Waals surface area contributed by atoms with E-state index in [-0.39, 0.29) is 11.9 Å². The second-order valence-electron chi connectivity index (χ2n) is 6.25. The van der Waals surface area contributed by atoms with Crippen LogP contribution in [-0.4, -0.2) is 70.5 Å². The van der Waals surface area contributed by atoms with Gasteiger partial charge in [-0.3, -0.25) is 14.4 Å². The Morgan fingerprint density at radius 2 is 2.35 bits per heavy atom. The Morgan fingerprint density at radius 3 is 2.96 bits per heavy atom. The van der Waals surface area contributed by atoms with Crippen LogP contribution in [0.1, 0.15) is 25.8 Å². The number of carbonyl (C=O) groups is 1. The Kier molecular flexibility index (Phi) is 6.12. The number of ether oxygens (including phenoxy) is 1. The molecule has 1 amide bonds. The van der Waals surface area contributed by atoms with E-state index in [1.54, 1.807) is 29.7 Å². The van der Waals surface area contributed by atoms with Crippen LogP contribution in [-0.2, 0) is 23.1 Å². The van der Waals surface area contributed by atoms with Crippen molar-refractivity contribution in [2.75, 3.05) is 26.7 Å². The molecule has 3 atom stereocenters. The minimum absolute atomic E-state index is 0.0213. The molecule has 1 aliphatic rings. The number of likely N-dealkylation sites (N-methyl/N-ethyl adjacent to an activating group) is 1. The molecule has 0 aliphatic carbocycles. The fourth-order valence-electron chi connectivity index (χ4n) is 3.13. The fourth-order valence-corrected chi connectivity index (χ4v) is 3.13. The Balaban J connectivity index is 1.94. The molecule has 0 saturated carbocycles. The quantitative estimate of drug-likeness (QED) is 0.756. The summed E-state index contributed by atoms with van der Waals surface area (Å²) in [7, 11) is 3.62. The number of hydrogen-bond donors (Lipinski definition) is 0. The second kappa shape index (κ2) is 7.88. The zero-order valence-electron chi connectivity index (χ0n) is 14.4. The number of likely N-dealkylation sites (tertiary alicyclic amines) is 1. The third-order valence-corrected chi connectivity index (χ3v) is 4.25. The Bertz CT molecular complexity index is 522. The molecule has 0 aromatic carbocycles. The maximum atomic E-state index is 13.9. The monoisotopic (exact) mass is 326 g/mol.